The zero-order valence-corrected chi connectivity index (χ0v) is 4.87. The molecule has 0 radical (unpaired) electrons. The highest BCUT2D eigenvalue weighted by atomic mass is 16.5. The number of ether oxygens (including phenoxy) is 1. The lowest BCUT2D eigenvalue weighted by molar-refractivity contribution is -0.153. The predicted molar refractivity (Wildman–Crippen MR) is 28.6 cm³/mol. The van der Waals surface area contributed by atoms with Crippen LogP contribution in [-0.2, 0) is 14.3 Å². The van der Waals surface area contributed by atoms with Crippen molar-refractivity contribution in [3.8, 4) is 0 Å². The molecule has 1 amide bonds. The molecule has 4 nitrogen and oxygen atoms in total. The van der Waals surface area contributed by atoms with E-state index in [0.717, 1.165) is 0 Å². The summed E-state index contributed by atoms with van der Waals surface area (Å²) in [5.74, 6) is -0.326. The van der Waals surface area contributed by atoms with Crippen LogP contribution in [0.1, 0.15) is 0 Å². The second-order valence-electron chi connectivity index (χ2n) is 1.80. The molecular formula is C5H7NO3. The molecule has 0 spiro atoms. The summed E-state index contributed by atoms with van der Waals surface area (Å²) in [7, 11) is 0. The number of morpholine rings is 1. The molecule has 1 saturated heterocycles. The van der Waals surface area contributed by atoms with Gasteiger partial charge in [-0.15, -0.1) is 0 Å². The van der Waals surface area contributed by atoms with Gasteiger partial charge in [0.1, 0.15) is 13.2 Å². The first-order valence-electron chi connectivity index (χ1n) is 2.68. The van der Waals surface area contributed by atoms with Gasteiger partial charge >= 0.3 is 5.97 Å². The Morgan fingerprint density at radius 1 is 1.67 bits per heavy atom. The summed E-state index contributed by atoms with van der Waals surface area (Å²) in [4.78, 5) is 21.8. The molecular weight excluding hydrogens is 122 g/mol. The molecule has 0 bridgehead atoms. The van der Waals surface area contributed by atoms with Crippen molar-refractivity contribution >= 4 is 12.4 Å². The van der Waals surface area contributed by atoms with E-state index in [4.69, 9.17) is 0 Å². The Bertz CT molecular complexity index is 134. The maximum atomic E-state index is 10.4. The van der Waals surface area contributed by atoms with Crippen LogP contribution in [0.2, 0.25) is 0 Å². The molecule has 1 rings (SSSR count). The number of rotatable bonds is 1. The number of hydrogen-bond acceptors (Lipinski definition) is 3. The summed E-state index contributed by atoms with van der Waals surface area (Å²) in [6.07, 6.45) is 0.653. The zero-order valence-electron chi connectivity index (χ0n) is 4.87. The van der Waals surface area contributed by atoms with Crippen LogP contribution in [0.25, 0.3) is 0 Å². The number of amides is 1. The standard InChI is InChI=1S/C5H7NO3/c7-4-6-1-2-9-5(8)3-6/h4H,1-3H2. The van der Waals surface area contributed by atoms with Gasteiger partial charge in [-0.05, 0) is 0 Å². The lowest BCUT2D eigenvalue weighted by Gasteiger charge is -2.20. The number of carbonyl (C=O) groups is 2. The number of nitrogens with zero attached hydrogens (tertiary/aromatic N) is 1. The van der Waals surface area contributed by atoms with Crippen LogP contribution >= 0.6 is 0 Å². The molecule has 1 heterocycles. The topological polar surface area (TPSA) is 46.6 Å². The van der Waals surface area contributed by atoms with Crippen molar-refractivity contribution in [3.63, 3.8) is 0 Å². The minimum absolute atomic E-state index is 0.101. The first kappa shape index (κ1) is 6.07. The molecule has 0 atom stereocenters. The number of hydrogen-bond donors (Lipinski definition) is 0. The van der Waals surface area contributed by atoms with Crippen LogP contribution in [0.4, 0.5) is 0 Å². The van der Waals surface area contributed by atoms with Crippen molar-refractivity contribution in [1.29, 1.82) is 0 Å². The third-order valence-corrected chi connectivity index (χ3v) is 1.12. The average molecular weight is 129 g/mol. The summed E-state index contributed by atoms with van der Waals surface area (Å²) in [5.41, 5.74) is 0. The van der Waals surface area contributed by atoms with Crippen LogP contribution in [0, 0.1) is 0 Å². The molecule has 4 heteroatoms. The molecule has 0 unspecified atom stereocenters. The lowest BCUT2D eigenvalue weighted by Crippen LogP contribution is -2.38. The largest absolute Gasteiger partial charge is 0.462 e. The summed E-state index contributed by atoms with van der Waals surface area (Å²) >= 11 is 0. The van der Waals surface area contributed by atoms with E-state index in [0.29, 0.717) is 19.6 Å². The van der Waals surface area contributed by atoms with Gasteiger partial charge in [-0.25, -0.2) is 0 Å². The van der Waals surface area contributed by atoms with E-state index in [-0.39, 0.29) is 12.5 Å². The lowest BCUT2D eigenvalue weighted by atomic mass is 10.5. The Hall–Kier alpha value is -1.06. The fourth-order valence-corrected chi connectivity index (χ4v) is 0.657. The molecule has 1 aliphatic rings. The molecule has 0 N–H and O–H groups in total. The summed E-state index contributed by atoms with van der Waals surface area (Å²) in [6.45, 7) is 0.955. The molecule has 0 aromatic carbocycles. The fourth-order valence-electron chi connectivity index (χ4n) is 0.657. The fraction of sp³-hybridized carbons (Fsp3) is 0.600. The van der Waals surface area contributed by atoms with E-state index < -0.39 is 0 Å². The second kappa shape index (κ2) is 2.48. The molecule has 0 aromatic rings. The van der Waals surface area contributed by atoms with Crippen LogP contribution in [-0.4, -0.2) is 37.0 Å². The van der Waals surface area contributed by atoms with Gasteiger partial charge in [0.25, 0.3) is 0 Å². The summed E-state index contributed by atoms with van der Waals surface area (Å²) in [6, 6.07) is 0. The normalized spacial score (nSPS) is 19.1. The molecule has 0 aliphatic carbocycles. The van der Waals surface area contributed by atoms with Gasteiger partial charge in [0.2, 0.25) is 6.41 Å². The Morgan fingerprint density at radius 2 is 2.44 bits per heavy atom. The minimum atomic E-state index is -0.326. The van der Waals surface area contributed by atoms with Gasteiger partial charge in [-0.3, -0.25) is 9.59 Å². The third kappa shape index (κ3) is 1.42. The second-order valence-corrected chi connectivity index (χ2v) is 1.80. The predicted octanol–water partition coefficient (Wildman–Crippen LogP) is -0.998. The van der Waals surface area contributed by atoms with Crippen LogP contribution < -0.4 is 0 Å². The van der Waals surface area contributed by atoms with Crippen molar-refractivity contribution in [2.75, 3.05) is 19.7 Å². The Morgan fingerprint density at radius 3 is 2.89 bits per heavy atom. The highest BCUT2D eigenvalue weighted by Crippen LogP contribution is 1.93. The number of cyclic esters (lactones) is 1. The molecule has 1 aliphatic heterocycles. The van der Waals surface area contributed by atoms with Gasteiger partial charge in [-0.1, -0.05) is 0 Å². The summed E-state index contributed by atoms with van der Waals surface area (Å²) in [5, 5.41) is 0. The Balaban J connectivity index is 2.40. The van der Waals surface area contributed by atoms with Crippen molar-refractivity contribution in [2.24, 2.45) is 0 Å². The van der Waals surface area contributed by atoms with Crippen LogP contribution in [0.15, 0.2) is 0 Å². The van der Waals surface area contributed by atoms with Gasteiger partial charge in [0.05, 0.1) is 6.54 Å². The van der Waals surface area contributed by atoms with Gasteiger partial charge in [0.15, 0.2) is 0 Å². The van der Waals surface area contributed by atoms with E-state index in [1.54, 1.807) is 0 Å². The van der Waals surface area contributed by atoms with Crippen molar-refractivity contribution < 1.29 is 14.3 Å². The van der Waals surface area contributed by atoms with E-state index in [1.807, 2.05) is 0 Å². The van der Waals surface area contributed by atoms with E-state index in [2.05, 4.69) is 4.74 Å². The molecule has 0 saturated carbocycles. The Labute approximate surface area is 52.4 Å². The van der Waals surface area contributed by atoms with Gasteiger partial charge < -0.3 is 9.64 Å². The smallest absolute Gasteiger partial charge is 0.325 e. The highest BCUT2D eigenvalue weighted by molar-refractivity contribution is 5.74. The molecule has 1 fully saturated rings. The summed E-state index contributed by atoms with van der Waals surface area (Å²) < 4.78 is 4.57. The van der Waals surface area contributed by atoms with Crippen molar-refractivity contribution in [2.45, 2.75) is 0 Å². The SMILES string of the molecule is O=CN1CCOC(=O)C1. The maximum absolute atomic E-state index is 10.4. The van der Waals surface area contributed by atoms with E-state index >= 15 is 0 Å². The van der Waals surface area contributed by atoms with Gasteiger partial charge in [0, 0.05) is 0 Å². The monoisotopic (exact) mass is 129 g/mol. The Kier molecular flexibility index (Phi) is 1.67. The van der Waals surface area contributed by atoms with Crippen molar-refractivity contribution in [1.82, 2.24) is 4.90 Å². The van der Waals surface area contributed by atoms with Gasteiger partial charge in [-0.2, -0.15) is 0 Å². The molecule has 0 aromatic heterocycles. The zero-order chi connectivity index (χ0) is 6.69. The maximum Gasteiger partial charge on any atom is 0.325 e. The first-order chi connectivity index (χ1) is 4.33. The third-order valence-electron chi connectivity index (χ3n) is 1.12. The number of carbonyl (C=O) groups excluding carboxylic acids is 2. The van der Waals surface area contributed by atoms with E-state index in [9.17, 15) is 9.59 Å². The number of esters is 1. The molecule has 50 valence electrons. The van der Waals surface area contributed by atoms with Crippen molar-refractivity contribution in [3.05, 3.63) is 0 Å². The minimum Gasteiger partial charge on any atom is -0.462 e. The highest BCUT2D eigenvalue weighted by Gasteiger charge is 2.14. The van der Waals surface area contributed by atoms with E-state index in [1.165, 1.54) is 4.90 Å². The van der Waals surface area contributed by atoms with Crippen LogP contribution in [0.5, 0.6) is 0 Å². The van der Waals surface area contributed by atoms with Crippen LogP contribution in [0.3, 0.4) is 0 Å². The molecule has 9 heavy (non-hydrogen) atoms. The first-order valence-corrected chi connectivity index (χ1v) is 2.68. The average Bonchev–Trinajstić information content (AvgIpc) is 1.88. The quantitative estimate of drug-likeness (QED) is 0.337.